The Morgan fingerprint density at radius 3 is 2.69 bits per heavy atom. The van der Waals surface area contributed by atoms with Crippen LogP contribution in [0.3, 0.4) is 0 Å². The molecule has 1 amide bonds. The summed E-state index contributed by atoms with van der Waals surface area (Å²) in [6.45, 7) is 2.53. The average Bonchev–Trinajstić information content (AvgIpc) is 3.28. The maximum Gasteiger partial charge on any atom is 0.240 e. The highest BCUT2D eigenvalue weighted by molar-refractivity contribution is 8.00. The summed E-state index contributed by atoms with van der Waals surface area (Å²) >= 11 is 1.28. The van der Waals surface area contributed by atoms with Gasteiger partial charge in [0.05, 0.1) is 10.9 Å². The molecule has 0 fully saturated rings. The fourth-order valence-corrected chi connectivity index (χ4v) is 4.01. The first-order chi connectivity index (χ1) is 12.6. The Kier molecular flexibility index (Phi) is 4.46. The maximum atomic E-state index is 14.1. The third-order valence-electron chi connectivity index (χ3n) is 4.41. The Hall–Kier alpha value is -2.67. The summed E-state index contributed by atoms with van der Waals surface area (Å²) < 4.78 is 15.7. The molecule has 0 aliphatic carbocycles. The van der Waals surface area contributed by atoms with Gasteiger partial charge in [0.2, 0.25) is 5.91 Å². The molecule has 0 radical (unpaired) electrons. The topological polar surface area (TPSA) is 51.0 Å². The van der Waals surface area contributed by atoms with Crippen LogP contribution in [-0.2, 0) is 11.2 Å². The number of amides is 1. The molecule has 7 heteroatoms. The zero-order valence-corrected chi connectivity index (χ0v) is 15.0. The molecule has 0 unspecified atom stereocenters. The van der Waals surface area contributed by atoms with Gasteiger partial charge in [0.25, 0.3) is 0 Å². The quantitative estimate of drug-likeness (QED) is 0.662. The largest absolute Gasteiger partial charge is 0.311 e. The van der Waals surface area contributed by atoms with E-state index in [0.717, 1.165) is 12.1 Å². The molecule has 0 bridgehead atoms. The molecule has 0 saturated carbocycles. The van der Waals surface area contributed by atoms with Crippen LogP contribution in [0.5, 0.6) is 0 Å². The van der Waals surface area contributed by atoms with Crippen molar-refractivity contribution in [2.75, 3.05) is 11.4 Å². The molecule has 1 aliphatic heterocycles. The van der Waals surface area contributed by atoms with Crippen molar-refractivity contribution >= 4 is 23.4 Å². The van der Waals surface area contributed by atoms with Gasteiger partial charge in [0, 0.05) is 12.2 Å². The highest BCUT2D eigenvalue weighted by Gasteiger charge is 2.29. The van der Waals surface area contributed by atoms with E-state index >= 15 is 0 Å². The fourth-order valence-electron chi connectivity index (χ4n) is 3.11. The zero-order valence-electron chi connectivity index (χ0n) is 14.2. The molecular formula is C19H17FN4OS. The van der Waals surface area contributed by atoms with Gasteiger partial charge in [-0.3, -0.25) is 9.36 Å². The Labute approximate surface area is 154 Å². The lowest BCUT2D eigenvalue weighted by Crippen LogP contribution is -2.35. The van der Waals surface area contributed by atoms with Gasteiger partial charge in [-0.25, -0.2) is 4.39 Å². The van der Waals surface area contributed by atoms with Gasteiger partial charge in [0.1, 0.15) is 12.1 Å². The van der Waals surface area contributed by atoms with Crippen molar-refractivity contribution in [3.8, 4) is 5.69 Å². The van der Waals surface area contributed by atoms with Crippen molar-refractivity contribution < 1.29 is 9.18 Å². The minimum atomic E-state index is -0.365. The van der Waals surface area contributed by atoms with Gasteiger partial charge >= 0.3 is 0 Å². The lowest BCUT2D eigenvalue weighted by atomic mass is 10.2. The smallest absolute Gasteiger partial charge is 0.240 e. The van der Waals surface area contributed by atoms with E-state index in [1.54, 1.807) is 22.8 Å². The van der Waals surface area contributed by atoms with Gasteiger partial charge in [-0.1, -0.05) is 42.1 Å². The Morgan fingerprint density at radius 2 is 1.88 bits per heavy atom. The molecule has 5 nitrogen and oxygen atoms in total. The number of nitrogens with zero attached hydrogens (tertiary/aromatic N) is 4. The number of halogens is 1. The van der Waals surface area contributed by atoms with E-state index in [2.05, 4.69) is 16.3 Å². The first kappa shape index (κ1) is 16.8. The summed E-state index contributed by atoms with van der Waals surface area (Å²) in [6.07, 6.45) is 2.33. The number of hydrogen-bond donors (Lipinski definition) is 0. The monoisotopic (exact) mass is 368 g/mol. The van der Waals surface area contributed by atoms with Crippen LogP contribution in [0.1, 0.15) is 12.5 Å². The molecule has 4 rings (SSSR count). The molecule has 1 aliphatic rings. The van der Waals surface area contributed by atoms with Crippen LogP contribution in [0.4, 0.5) is 10.1 Å². The molecule has 3 aromatic rings. The number of fused-ring (bicyclic) bond motifs is 1. The van der Waals surface area contributed by atoms with Gasteiger partial charge in [0.15, 0.2) is 5.16 Å². The Bertz CT molecular complexity index is 958. The van der Waals surface area contributed by atoms with E-state index < -0.39 is 0 Å². The summed E-state index contributed by atoms with van der Waals surface area (Å²) in [5, 5.41) is 8.08. The van der Waals surface area contributed by atoms with Crippen LogP contribution in [0.2, 0.25) is 0 Å². The minimum absolute atomic E-state index is 0.0167. The standard InChI is InChI=1S/C19H17FN4OS/c1-13(18(25)23-11-10-14-6-2-4-8-16(14)23)26-19-22-21-12-24(19)17-9-5-3-7-15(17)20/h2-9,12-13H,10-11H2,1H3/t13-/m0/s1. The molecule has 0 N–H and O–H groups in total. The number of aromatic nitrogens is 3. The van der Waals surface area contributed by atoms with Crippen molar-refractivity contribution in [2.24, 2.45) is 0 Å². The number of carbonyl (C=O) groups is 1. The molecule has 0 saturated heterocycles. The molecule has 132 valence electrons. The highest BCUT2D eigenvalue weighted by atomic mass is 32.2. The summed E-state index contributed by atoms with van der Waals surface area (Å²) in [5.74, 6) is -0.343. The number of carbonyl (C=O) groups excluding carboxylic acids is 1. The van der Waals surface area contributed by atoms with Crippen molar-refractivity contribution in [1.82, 2.24) is 14.8 Å². The van der Waals surface area contributed by atoms with E-state index in [-0.39, 0.29) is 17.0 Å². The van der Waals surface area contributed by atoms with Crippen molar-refractivity contribution in [1.29, 1.82) is 0 Å². The summed E-state index contributed by atoms with van der Waals surface area (Å²) in [7, 11) is 0. The second kappa shape index (κ2) is 6.92. The lowest BCUT2D eigenvalue weighted by Gasteiger charge is -2.21. The van der Waals surface area contributed by atoms with E-state index in [9.17, 15) is 9.18 Å². The number of rotatable bonds is 4. The maximum absolute atomic E-state index is 14.1. The molecule has 1 atom stereocenters. The van der Waals surface area contributed by atoms with Crippen LogP contribution in [-0.4, -0.2) is 32.5 Å². The van der Waals surface area contributed by atoms with Crippen molar-refractivity contribution in [3.63, 3.8) is 0 Å². The lowest BCUT2D eigenvalue weighted by molar-refractivity contribution is -0.117. The fraction of sp³-hybridized carbons (Fsp3) is 0.211. The van der Waals surface area contributed by atoms with Crippen LogP contribution in [0.25, 0.3) is 5.69 Å². The predicted octanol–water partition coefficient (Wildman–Crippen LogP) is 3.48. The first-order valence-electron chi connectivity index (χ1n) is 8.36. The van der Waals surface area contributed by atoms with Crippen molar-refractivity contribution in [3.05, 3.63) is 66.2 Å². The van der Waals surface area contributed by atoms with E-state index in [1.807, 2.05) is 30.0 Å². The highest BCUT2D eigenvalue weighted by Crippen LogP contribution is 2.31. The number of anilines is 1. The SMILES string of the molecule is C[C@H](Sc1nncn1-c1ccccc1F)C(=O)N1CCc2ccccc21. The molecule has 2 aromatic carbocycles. The third-order valence-corrected chi connectivity index (χ3v) is 5.46. The van der Waals surface area contributed by atoms with Crippen LogP contribution in [0.15, 0.2) is 60.0 Å². The van der Waals surface area contributed by atoms with Gasteiger partial charge in [-0.15, -0.1) is 10.2 Å². The Morgan fingerprint density at radius 1 is 1.15 bits per heavy atom. The summed E-state index contributed by atoms with van der Waals surface area (Å²) in [6, 6.07) is 14.4. The first-order valence-corrected chi connectivity index (χ1v) is 9.24. The number of benzene rings is 2. The van der Waals surface area contributed by atoms with E-state index in [4.69, 9.17) is 0 Å². The van der Waals surface area contributed by atoms with E-state index in [1.165, 1.54) is 29.7 Å². The third kappa shape index (κ3) is 2.99. The zero-order chi connectivity index (χ0) is 18.1. The van der Waals surface area contributed by atoms with Crippen LogP contribution in [0, 0.1) is 5.82 Å². The second-order valence-corrected chi connectivity index (χ2v) is 7.37. The summed E-state index contributed by atoms with van der Waals surface area (Å²) in [5.41, 5.74) is 2.53. The summed E-state index contributed by atoms with van der Waals surface area (Å²) in [4.78, 5) is 14.7. The molecular weight excluding hydrogens is 351 g/mol. The van der Waals surface area contributed by atoms with Crippen LogP contribution >= 0.6 is 11.8 Å². The van der Waals surface area contributed by atoms with Gasteiger partial charge in [-0.2, -0.15) is 0 Å². The van der Waals surface area contributed by atoms with Gasteiger partial charge < -0.3 is 4.90 Å². The minimum Gasteiger partial charge on any atom is -0.311 e. The molecule has 0 spiro atoms. The van der Waals surface area contributed by atoms with E-state index in [0.29, 0.717) is 17.4 Å². The van der Waals surface area contributed by atoms with Gasteiger partial charge in [-0.05, 0) is 37.1 Å². The normalized spacial score (nSPS) is 14.3. The number of thioether (sulfide) groups is 1. The molecule has 2 heterocycles. The average molecular weight is 368 g/mol. The molecule has 26 heavy (non-hydrogen) atoms. The second-order valence-electron chi connectivity index (χ2n) is 6.06. The number of para-hydroxylation sites is 2. The molecule has 1 aromatic heterocycles. The Balaban J connectivity index is 1.55. The van der Waals surface area contributed by atoms with Crippen molar-refractivity contribution in [2.45, 2.75) is 23.8 Å². The van der Waals surface area contributed by atoms with Crippen LogP contribution < -0.4 is 4.90 Å². The predicted molar refractivity (Wildman–Crippen MR) is 99.1 cm³/mol. The number of hydrogen-bond acceptors (Lipinski definition) is 4.